The number of carbonyl (C=O) groups excluding carboxylic acids is 1. The molecule has 0 aromatic carbocycles. The number of ether oxygens (including phenoxy) is 1. The van der Waals surface area contributed by atoms with E-state index in [0.29, 0.717) is 18.5 Å². The zero-order chi connectivity index (χ0) is 13.6. The molecule has 1 aliphatic carbocycles. The molecule has 0 heterocycles. The van der Waals surface area contributed by atoms with E-state index in [1.165, 1.54) is 0 Å². The molecular weight excluding hydrogens is 248 g/mol. The van der Waals surface area contributed by atoms with Crippen molar-refractivity contribution in [3.8, 4) is 0 Å². The third-order valence-corrected chi connectivity index (χ3v) is 3.09. The van der Waals surface area contributed by atoms with Crippen molar-refractivity contribution in [3.63, 3.8) is 0 Å². The van der Waals surface area contributed by atoms with Crippen LogP contribution in [0.25, 0.3) is 0 Å². The van der Waals surface area contributed by atoms with Gasteiger partial charge in [-0.2, -0.15) is 0 Å². The van der Waals surface area contributed by atoms with Gasteiger partial charge in [0.25, 0.3) is 0 Å². The minimum absolute atomic E-state index is 0.332. The first kappa shape index (κ1) is 15.1. The Kier molecular flexibility index (Phi) is 5.76. The van der Waals surface area contributed by atoms with Gasteiger partial charge in [-0.05, 0) is 64.6 Å². The standard InChI is InChI=1S/C13H22N2O2S/c1-13(2,3)17-12(16)14-8-10-4-6-11(7-5-10)15-9-18/h10-11H,4-8H2,1-3H3,(H,14,16)/t10-,11-. The monoisotopic (exact) mass is 270 g/mol. The van der Waals surface area contributed by atoms with E-state index >= 15 is 0 Å². The van der Waals surface area contributed by atoms with Gasteiger partial charge in [0.15, 0.2) is 0 Å². The second-order valence-corrected chi connectivity index (χ2v) is 5.96. The Hall–Kier alpha value is -0.930. The number of thiocarbonyl (C=S) groups is 1. The fourth-order valence-corrected chi connectivity index (χ4v) is 2.24. The molecule has 18 heavy (non-hydrogen) atoms. The summed E-state index contributed by atoms with van der Waals surface area (Å²) in [6.45, 7) is 6.27. The topological polar surface area (TPSA) is 50.7 Å². The van der Waals surface area contributed by atoms with Crippen molar-refractivity contribution in [1.29, 1.82) is 0 Å². The Labute approximate surface area is 114 Å². The van der Waals surface area contributed by atoms with Crippen LogP contribution in [-0.2, 0) is 4.74 Å². The first-order valence-corrected chi connectivity index (χ1v) is 6.85. The lowest BCUT2D eigenvalue weighted by Crippen LogP contribution is -2.36. The predicted octanol–water partition coefficient (Wildman–Crippen LogP) is 3.17. The lowest BCUT2D eigenvalue weighted by molar-refractivity contribution is 0.0515. The third-order valence-electron chi connectivity index (χ3n) is 2.99. The van der Waals surface area contributed by atoms with Gasteiger partial charge < -0.3 is 10.1 Å². The van der Waals surface area contributed by atoms with Crippen LogP contribution in [0.2, 0.25) is 0 Å². The molecule has 1 N–H and O–H groups in total. The number of nitrogens with one attached hydrogen (secondary N) is 1. The zero-order valence-electron chi connectivity index (χ0n) is 11.4. The minimum atomic E-state index is -0.435. The van der Waals surface area contributed by atoms with Crippen molar-refractivity contribution >= 4 is 23.5 Å². The highest BCUT2D eigenvalue weighted by molar-refractivity contribution is 7.78. The molecule has 1 saturated carbocycles. The summed E-state index contributed by atoms with van der Waals surface area (Å²) < 4.78 is 5.20. The summed E-state index contributed by atoms with van der Waals surface area (Å²) in [5, 5.41) is 5.27. The molecule has 0 bridgehead atoms. The Morgan fingerprint density at radius 3 is 2.50 bits per heavy atom. The third kappa shape index (κ3) is 6.12. The van der Waals surface area contributed by atoms with E-state index < -0.39 is 5.60 Å². The fraction of sp³-hybridized carbons (Fsp3) is 0.846. The van der Waals surface area contributed by atoms with Crippen molar-refractivity contribution in [1.82, 2.24) is 5.32 Å². The van der Waals surface area contributed by atoms with Gasteiger partial charge in [-0.3, -0.25) is 0 Å². The minimum Gasteiger partial charge on any atom is -0.444 e. The average Bonchev–Trinajstić information content (AvgIpc) is 2.26. The number of hydrogen-bond acceptors (Lipinski definition) is 4. The quantitative estimate of drug-likeness (QED) is 0.633. The van der Waals surface area contributed by atoms with E-state index in [0.717, 1.165) is 25.7 Å². The van der Waals surface area contributed by atoms with Crippen LogP contribution in [-0.4, -0.2) is 29.4 Å². The molecule has 0 spiro atoms. The van der Waals surface area contributed by atoms with Crippen molar-refractivity contribution in [2.24, 2.45) is 10.9 Å². The molecule has 0 aromatic rings. The molecular formula is C13H22N2O2S. The molecule has 0 aliphatic heterocycles. The molecule has 0 saturated heterocycles. The van der Waals surface area contributed by atoms with Gasteiger partial charge in [-0.15, -0.1) is 0 Å². The second kappa shape index (κ2) is 6.86. The molecule has 4 nitrogen and oxygen atoms in total. The Morgan fingerprint density at radius 2 is 2.00 bits per heavy atom. The number of alkyl carbamates (subject to hydrolysis) is 1. The Morgan fingerprint density at radius 1 is 1.39 bits per heavy atom. The number of carbonyl (C=O) groups is 1. The van der Waals surface area contributed by atoms with Gasteiger partial charge in [0, 0.05) is 6.54 Å². The number of rotatable bonds is 3. The van der Waals surface area contributed by atoms with Gasteiger partial charge in [0.05, 0.1) is 11.2 Å². The second-order valence-electron chi connectivity index (χ2n) is 5.78. The molecule has 0 radical (unpaired) electrons. The highest BCUT2D eigenvalue weighted by Gasteiger charge is 2.22. The van der Waals surface area contributed by atoms with E-state index in [9.17, 15) is 4.79 Å². The maximum absolute atomic E-state index is 11.5. The summed E-state index contributed by atoms with van der Waals surface area (Å²) in [5.74, 6) is 0.522. The lowest BCUT2D eigenvalue weighted by Gasteiger charge is -2.26. The summed E-state index contributed by atoms with van der Waals surface area (Å²) in [6.07, 6.45) is 3.87. The number of hydrogen-bond donors (Lipinski definition) is 1. The van der Waals surface area contributed by atoms with Crippen LogP contribution in [0.1, 0.15) is 46.5 Å². The van der Waals surface area contributed by atoms with Gasteiger partial charge in [0.1, 0.15) is 5.60 Å². The lowest BCUT2D eigenvalue weighted by atomic mass is 9.86. The van der Waals surface area contributed by atoms with Crippen LogP contribution in [0.15, 0.2) is 4.99 Å². The SMILES string of the molecule is CC(C)(C)OC(=O)NC[C@H]1CC[C@H](N=C=S)CC1. The molecule has 1 amide bonds. The van der Waals surface area contributed by atoms with Crippen molar-refractivity contribution in [2.45, 2.75) is 58.1 Å². The largest absolute Gasteiger partial charge is 0.444 e. The van der Waals surface area contributed by atoms with Crippen molar-refractivity contribution in [2.75, 3.05) is 6.54 Å². The molecule has 1 aliphatic rings. The maximum Gasteiger partial charge on any atom is 0.407 e. The van der Waals surface area contributed by atoms with Crippen LogP contribution in [0.5, 0.6) is 0 Å². The van der Waals surface area contributed by atoms with Crippen LogP contribution in [0, 0.1) is 5.92 Å². The van der Waals surface area contributed by atoms with Gasteiger partial charge in [-0.1, -0.05) is 0 Å². The normalized spacial score (nSPS) is 23.9. The number of aliphatic imine (C=N–C) groups is 1. The maximum atomic E-state index is 11.5. The summed E-state index contributed by atoms with van der Waals surface area (Å²) >= 11 is 4.61. The summed E-state index contributed by atoms with van der Waals surface area (Å²) in [4.78, 5) is 15.6. The molecule has 1 rings (SSSR count). The summed E-state index contributed by atoms with van der Waals surface area (Å²) in [6, 6.07) is 0.334. The van der Waals surface area contributed by atoms with E-state index in [-0.39, 0.29) is 6.09 Å². The number of nitrogens with zero attached hydrogens (tertiary/aromatic N) is 1. The first-order valence-electron chi connectivity index (χ1n) is 6.44. The highest BCUT2D eigenvalue weighted by Crippen LogP contribution is 2.25. The van der Waals surface area contributed by atoms with Gasteiger partial charge in [0.2, 0.25) is 0 Å². The first-order chi connectivity index (χ1) is 8.40. The van der Waals surface area contributed by atoms with Crippen LogP contribution < -0.4 is 5.32 Å². The Bertz CT molecular complexity index is 324. The molecule has 5 heteroatoms. The van der Waals surface area contributed by atoms with Crippen molar-refractivity contribution in [3.05, 3.63) is 0 Å². The Balaban J connectivity index is 2.22. The zero-order valence-corrected chi connectivity index (χ0v) is 12.2. The van der Waals surface area contributed by atoms with Gasteiger partial charge in [-0.25, -0.2) is 9.79 Å². The van der Waals surface area contributed by atoms with Crippen LogP contribution in [0.4, 0.5) is 4.79 Å². The number of isothiocyanates is 1. The smallest absolute Gasteiger partial charge is 0.407 e. The van der Waals surface area contributed by atoms with Gasteiger partial charge >= 0.3 is 6.09 Å². The van der Waals surface area contributed by atoms with E-state index in [4.69, 9.17) is 4.74 Å². The molecule has 1 fully saturated rings. The van der Waals surface area contributed by atoms with Crippen LogP contribution in [0.3, 0.4) is 0 Å². The summed E-state index contributed by atoms with van der Waals surface area (Å²) in [5.41, 5.74) is -0.435. The number of amides is 1. The van der Waals surface area contributed by atoms with E-state index in [1.54, 1.807) is 0 Å². The molecule has 0 aromatic heterocycles. The fourth-order valence-electron chi connectivity index (χ4n) is 2.09. The summed E-state index contributed by atoms with van der Waals surface area (Å²) in [7, 11) is 0. The molecule has 0 unspecified atom stereocenters. The van der Waals surface area contributed by atoms with Crippen molar-refractivity contribution < 1.29 is 9.53 Å². The van der Waals surface area contributed by atoms with E-state index in [1.807, 2.05) is 20.8 Å². The highest BCUT2D eigenvalue weighted by atomic mass is 32.1. The predicted molar refractivity (Wildman–Crippen MR) is 75.0 cm³/mol. The van der Waals surface area contributed by atoms with E-state index in [2.05, 4.69) is 27.7 Å². The molecule has 102 valence electrons. The van der Waals surface area contributed by atoms with Crippen LogP contribution >= 0.6 is 12.2 Å². The molecule has 0 atom stereocenters. The average molecular weight is 270 g/mol.